The van der Waals surface area contributed by atoms with Crippen LogP contribution in [0.2, 0.25) is 5.02 Å². The Balaban J connectivity index is 1.69. The van der Waals surface area contributed by atoms with Gasteiger partial charge in [0.1, 0.15) is 6.61 Å². The van der Waals surface area contributed by atoms with Crippen molar-refractivity contribution in [2.75, 3.05) is 20.6 Å². The molecule has 1 amide bonds. The minimum absolute atomic E-state index is 0.146. The van der Waals surface area contributed by atoms with Gasteiger partial charge >= 0.3 is 0 Å². The number of rotatable bonds is 9. The summed E-state index contributed by atoms with van der Waals surface area (Å²) in [5, 5.41) is 8.09. The fraction of sp³-hybridized carbons (Fsp3) is 0.304. The number of benzene rings is 2. The van der Waals surface area contributed by atoms with Crippen LogP contribution in [0, 0.1) is 0 Å². The summed E-state index contributed by atoms with van der Waals surface area (Å²) >= 11 is 6.02. The Labute approximate surface area is 182 Å². The molecule has 0 aliphatic rings. The van der Waals surface area contributed by atoms with Crippen molar-refractivity contribution in [3.05, 3.63) is 82.5 Å². The third-order valence-electron chi connectivity index (χ3n) is 4.74. The van der Waals surface area contributed by atoms with Crippen LogP contribution >= 0.6 is 11.6 Å². The van der Waals surface area contributed by atoms with Crippen molar-refractivity contribution in [2.45, 2.75) is 19.1 Å². The highest BCUT2D eigenvalue weighted by Crippen LogP contribution is 2.21. The van der Waals surface area contributed by atoms with Crippen LogP contribution in [0.1, 0.15) is 34.1 Å². The van der Waals surface area contributed by atoms with Crippen LogP contribution in [0.4, 0.5) is 0 Å². The molecule has 0 saturated carbocycles. The smallest absolute Gasteiger partial charge is 0.272 e. The largest absolute Gasteiger partial charge is 0.473 e. The minimum atomic E-state index is -0.237. The minimum Gasteiger partial charge on any atom is -0.473 e. The standard InChI is InChI=1S/C23H27ClN4O2/c1-27(2)14-13-20(18-9-11-19(24)12-10-18)25-23(29)21-15-22(28(3)26-21)30-16-17-7-5-4-6-8-17/h4-12,15,20H,13-14,16H2,1-3H3,(H,25,29). The van der Waals surface area contributed by atoms with E-state index in [1.807, 2.05) is 68.7 Å². The summed E-state index contributed by atoms with van der Waals surface area (Å²) in [4.78, 5) is 15.0. The van der Waals surface area contributed by atoms with Crippen LogP contribution in [0.3, 0.4) is 0 Å². The second-order valence-electron chi connectivity index (χ2n) is 7.44. The average molecular weight is 427 g/mol. The van der Waals surface area contributed by atoms with E-state index in [2.05, 4.69) is 15.3 Å². The first kappa shape index (κ1) is 21.9. The monoisotopic (exact) mass is 426 g/mol. The zero-order valence-corrected chi connectivity index (χ0v) is 18.3. The molecular weight excluding hydrogens is 400 g/mol. The van der Waals surface area contributed by atoms with Gasteiger partial charge in [0.05, 0.1) is 6.04 Å². The van der Waals surface area contributed by atoms with Gasteiger partial charge in [-0.15, -0.1) is 0 Å². The second-order valence-corrected chi connectivity index (χ2v) is 7.87. The van der Waals surface area contributed by atoms with Gasteiger partial charge in [-0.1, -0.05) is 54.1 Å². The van der Waals surface area contributed by atoms with Gasteiger partial charge in [-0.2, -0.15) is 5.10 Å². The molecule has 3 aromatic rings. The topological polar surface area (TPSA) is 59.4 Å². The summed E-state index contributed by atoms with van der Waals surface area (Å²) in [5.41, 5.74) is 2.38. The van der Waals surface area contributed by atoms with E-state index >= 15 is 0 Å². The first-order valence-electron chi connectivity index (χ1n) is 9.84. The summed E-state index contributed by atoms with van der Waals surface area (Å²) < 4.78 is 7.41. The fourth-order valence-corrected chi connectivity index (χ4v) is 3.19. The van der Waals surface area contributed by atoms with Crippen LogP contribution < -0.4 is 10.1 Å². The number of hydrogen-bond donors (Lipinski definition) is 1. The normalized spacial score (nSPS) is 12.0. The number of hydrogen-bond acceptors (Lipinski definition) is 4. The van der Waals surface area contributed by atoms with Crippen LogP contribution in [0.25, 0.3) is 0 Å². The lowest BCUT2D eigenvalue weighted by Crippen LogP contribution is -2.31. The van der Waals surface area contributed by atoms with Crippen LogP contribution in [-0.4, -0.2) is 41.2 Å². The van der Waals surface area contributed by atoms with Gasteiger partial charge in [-0.3, -0.25) is 4.79 Å². The Bertz CT molecular complexity index is 955. The molecule has 158 valence electrons. The van der Waals surface area contributed by atoms with Gasteiger partial charge in [0.25, 0.3) is 5.91 Å². The first-order valence-corrected chi connectivity index (χ1v) is 10.2. The van der Waals surface area contributed by atoms with E-state index in [9.17, 15) is 4.79 Å². The molecule has 0 bridgehead atoms. The molecule has 7 heteroatoms. The molecular formula is C23H27ClN4O2. The number of aromatic nitrogens is 2. The van der Waals surface area contributed by atoms with E-state index in [1.54, 1.807) is 17.8 Å². The predicted molar refractivity (Wildman–Crippen MR) is 119 cm³/mol. The number of nitrogens with zero attached hydrogens (tertiary/aromatic N) is 3. The number of ether oxygens (including phenoxy) is 1. The van der Waals surface area contributed by atoms with Gasteiger partial charge in [0, 0.05) is 18.1 Å². The highest BCUT2D eigenvalue weighted by atomic mass is 35.5. The highest BCUT2D eigenvalue weighted by Gasteiger charge is 2.19. The molecule has 0 spiro atoms. The molecule has 30 heavy (non-hydrogen) atoms. The van der Waals surface area contributed by atoms with Crippen molar-refractivity contribution in [1.29, 1.82) is 0 Å². The second kappa shape index (κ2) is 10.3. The van der Waals surface area contributed by atoms with Gasteiger partial charge < -0.3 is 15.0 Å². The highest BCUT2D eigenvalue weighted by molar-refractivity contribution is 6.30. The van der Waals surface area contributed by atoms with Crippen molar-refractivity contribution >= 4 is 17.5 Å². The molecule has 1 unspecified atom stereocenters. The Morgan fingerprint density at radius 3 is 2.53 bits per heavy atom. The summed E-state index contributed by atoms with van der Waals surface area (Å²) in [6.07, 6.45) is 0.768. The lowest BCUT2D eigenvalue weighted by atomic mass is 10.0. The Morgan fingerprint density at radius 1 is 1.17 bits per heavy atom. The van der Waals surface area contributed by atoms with Crippen LogP contribution in [-0.2, 0) is 13.7 Å². The molecule has 2 aromatic carbocycles. The lowest BCUT2D eigenvalue weighted by Gasteiger charge is -2.21. The number of nitrogens with one attached hydrogen (secondary N) is 1. The van der Waals surface area contributed by atoms with Gasteiger partial charge in [-0.05, 0) is 50.3 Å². The number of carbonyl (C=O) groups excluding carboxylic acids is 1. The molecule has 0 aliphatic carbocycles. The maximum Gasteiger partial charge on any atom is 0.272 e. The molecule has 0 aliphatic heterocycles. The zero-order valence-electron chi connectivity index (χ0n) is 17.5. The van der Waals surface area contributed by atoms with Gasteiger partial charge in [-0.25, -0.2) is 4.68 Å². The summed E-state index contributed by atoms with van der Waals surface area (Å²) in [5.74, 6) is 0.305. The van der Waals surface area contributed by atoms with E-state index in [-0.39, 0.29) is 11.9 Å². The van der Waals surface area contributed by atoms with E-state index in [1.165, 1.54) is 0 Å². The number of halogens is 1. The van der Waals surface area contributed by atoms with Crippen LogP contribution in [0.15, 0.2) is 60.7 Å². The van der Waals surface area contributed by atoms with Crippen molar-refractivity contribution in [1.82, 2.24) is 20.0 Å². The maximum atomic E-state index is 12.9. The van der Waals surface area contributed by atoms with E-state index in [0.29, 0.717) is 23.2 Å². The molecule has 1 N–H and O–H groups in total. The lowest BCUT2D eigenvalue weighted by molar-refractivity contribution is 0.0927. The summed E-state index contributed by atoms with van der Waals surface area (Å²) in [7, 11) is 5.78. The Morgan fingerprint density at radius 2 is 1.87 bits per heavy atom. The summed E-state index contributed by atoms with van der Waals surface area (Å²) in [6.45, 7) is 1.25. The zero-order chi connectivity index (χ0) is 21.5. The Hall–Kier alpha value is -2.83. The van der Waals surface area contributed by atoms with Crippen molar-refractivity contribution in [2.24, 2.45) is 7.05 Å². The Kier molecular flexibility index (Phi) is 7.49. The third kappa shape index (κ3) is 6.08. The number of carbonyl (C=O) groups is 1. The first-order chi connectivity index (χ1) is 14.4. The average Bonchev–Trinajstić information content (AvgIpc) is 3.11. The molecule has 1 aromatic heterocycles. The van der Waals surface area contributed by atoms with Crippen LogP contribution in [0.5, 0.6) is 5.88 Å². The van der Waals surface area contributed by atoms with E-state index in [0.717, 1.165) is 24.1 Å². The van der Waals surface area contributed by atoms with Crippen molar-refractivity contribution in [3.8, 4) is 5.88 Å². The van der Waals surface area contributed by atoms with Crippen molar-refractivity contribution in [3.63, 3.8) is 0 Å². The third-order valence-corrected chi connectivity index (χ3v) is 4.99. The quantitative estimate of drug-likeness (QED) is 0.560. The molecule has 1 heterocycles. The molecule has 3 rings (SSSR count). The molecule has 0 saturated heterocycles. The fourth-order valence-electron chi connectivity index (χ4n) is 3.06. The molecule has 0 radical (unpaired) electrons. The number of aryl methyl sites for hydroxylation is 1. The van der Waals surface area contributed by atoms with Gasteiger partial charge in [0.15, 0.2) is 5.69 Å². The van der Waals surface area contributed by atoms with Crippen molar-refractivity contribution < 1.29 is 9.53 Å². The predicted octanol–water partition coefficient (Wildman–Crippen LogP) is 4.08. The van der Waals surface area contributed by atoms with Gasteiger partial charge in [0.2, 0.25) is 5.88 Å². The van der Waals surface area contributed by atoms with E-state index < -0.39 is 0 Å². The summed E-state index contributed by atoms with van der Waals surface area (Å²) in [6, 6.07) is 18.9. The molecule has 1 atom stereocenters. The maximum absolute atomic E-state index is 12.9. The van der Waals surface area contributed by atoms with E-state index in [4.69, 9.17) is 16.3 Å². The molecule has 6 nitrogen and oxygen atoms in total. The SMILES string of the molecule is CN(C)CCC(NC(=O)c1cc(OCc2ccccc2)n(C)n1)c1ccc(Cl)cc1. The molecule has 0 fully saturated rings. The number of amides is 1.